The van der Waals surface area contributed by atoms with Crippen LogP contribution in [0, 0.1) is 0 Å². The monoisotopic (exact) mass is 268 g/mol. The molecule has 0 aliphatic heterocycles. The van der Waals surface area contributed by atoms with E-state index in [-0.39, 0.29) is 17.5 Å². The summed E-state index contributed by atoms with van der Waals surface area (Å²) < 4.78 is 11.9. The average molecular weight is 268 g/mol. The molecule has 0 fully saturated rings. The van der Waals surface area contributed by atoms with E-state index in [2.05, 4.69) is 25.9 Å². The third-order valence-electron chi connectivity index (χ3n) is 3.02. The first-order valence-electron chi connectivity index (χ1n) is 6.50. The molecule has 0 radical (unpaired) electrons. The second kappa shape index (κ2) is 6.19. The SMILES string of the molecule is CO[C@H](C)CCOC(=O)c1cc(C(C)(C)C)nn1C. The Bertz CT molecular complexity index is 432. The third-order valence-corrected chi connectivity index (χ3v) is 3.02. The minimum atomic E-state index is -0.339. The Morgan fingerprint density at radius 3 is 2.58 bits per heavy atom. The van der Waals surface area contributed by atoms with Crippen molar-refractivity contribution in [2.24, 2.45) is 7.05 Å². The van der Waals surface area contributed by atoms with Crippen LogP contribution in [0.25, 0.3) is 0 Å². The molecule has 0 spiro atoms. The Balaban J connectivity index is 2.65. The van der Waals surface area contributed by atoms with E-state index in [1.54, 1.807) is 24.9 Å². The van der Waals surface area contributed by atoms with E-state index in [4.69, 9.17) is 9.47 Å². The molecule has 0 saturated heterocycles. The van der Waals surface area contributed by atoms with Gasteiger partial charge in [0.25, 0.3) is 0 Å². The van der Waals surface area contributed by atoms with Gasteiger partial charge in [0, 0.05) is 26.0 Å². The predicted octanol–water partition coefficient (Wildman–Crippen LogP) is 2.30. The van der Waals surface area contributed by atoms with Gasteiger partial charge in [-0.05, 0) is 13.0 Å². The van der Waals surface area contributed by atoms with Gasteiger partial charge < -0.3 is 9.47 Å². The molecule has 1 atom stereocenters. The van der Waals surface area contributed by atoms with Crippen molar-refractivity contribution in [2.45, 2.75) is 45.6 Å². The van der Waals surface area contributed by atoms with Crippen LogP contribution >= 0.6 is 0 Å². The normalized spacial score (nSPS) is 13.4. The second-order valence-electron chi connectivity index (χ2n) is 5.76. The third kappa shape index (κ3) is 4.35. The number of aryl methyl sites for hydroxylation is 1. The number of carbonyl (C=O) groups excluding carboxylic acids is 1. The van der Waals surface area contributed by atoms with E-state index < -0.39 is 0 Å². The summed E-state index contributed by atoms with van der Waals surface area (Å²) in [5, 5.41) is 4.35. The number of esters is 1. The average Bonchev–Trinajstić information content (AvgIpc) is 2.70. The first-order chi connectivity index (χ1) is 8.75. The van der Waals surface area contributed by atoms with Gasteiger partial charge in [-0.2, -0.15) is 5.10 Å². The van der Waals surface area contributed by atoms with Crippen LogP contribution in [0.3, 0.4) is 0 Å². The zero-order valence-corrected chi connectivity index (χ0v) is 12.7. The maximum absolute atomic E-state index is 12.0. The number of ether oxygens (including phenoxy) is 2. The first kappa shape index (κ1) is 15.7. The summed E-state index contributed by atoms with van der Waals surface area (Å²) >= 11 is 0. The number of rotatable bonds is 5. The van der Waals surface area contributed by atoms with E-state index in [9.17, 15) is 4.79 Å². The molecular weight excluding hydrogens is 244 g/mol. The van der Waals surface area contributed by atoms with Gasteiger partial charge in [-0.25, -0.2) is 4.79 Å². The summed E-state index contributed by atoms with van der Waals surface area (Å²) in [6.45, 7) is 8.47. The number of methoxy groups -OCH3 is 1. The molecule has 108 valence electrons. The van der Waals surface area contributed by atoms with Gasteiger partial charge >= 0.3 is 5.97 Å². The van der Waals surface area contributed by atoms with Crippen molar-refractivity contribution < 1.29 is 14.3 Å². The summed E-state index contributed by atoms with van der Waals surface area (Å²) in [6.07, 6.45) is 0.774. The molecule has 1 aromatic rings. The molecular formula is C14H24N2O3. The van der Waals surface area contributed by atoms with Crippen molar-refractivity contribution in [1.29, 1.82) is 0 Å². The van der Waals surface area contributed by atoms with Crippen LogP contribution in [0.15, 0.2) is 6.07 Å². The van der Waals surface area contributed by atoms with Crippen molar-refractivity contribution in [3.05, 3.63) is 17.5 Å². The van der Waals surface area contributed by atoms with Crippen molar-refractivity contribution in [3.8, 4) is 0 Å². The molecule has 1 heterocycles. The number of carbonyl (C=O) groups is 1. The second-order valence-corrected chi connectivity index (χ2v) is 5.76. The lowest BCUT2D eigenvalue weighted by Gasteiger charge is -2.13. The molecule has 5 heteroatoms. The van der Waals surface area contributed by atoms with E-state index in [1.807, 2.05) is 6.92 Å². The van der Waals surface area contributed by atoms with E-state index in [1.165, 1.54) is 0 Å². The number of hydrogen-bond acceptors (Lipinski definition) is 4. The van der Waals surface area contributed by atoms with Crippen LogP contribution in [-0.2, 0) is 21.9 Å². The Labute approximate surface area is 114 Å². The number of aromatic nitrogens is 2. The molecule has 0 N–H and O–H groups in total. The highest BCUT2D eigenvalue weighted by Gasteiger charge is 2.22. The van der Waals surface area contributed by atoms with Crippen LogP contribution in [0.2, 0.25) is 0 Å². The van der Waals surface area contributed by atoms with E-state index in [0.29, 0.717) is 18.7 Å². The highest BCUT2D eigenvalue weighted by atomic mass is 16.5. The Hall–Kier alpha value is -1.36. The fourth-order valence-corrected chi connectivity index (χ4v) is 1.53. The molecule has 0 saturated carbocycles. The van der Waals surface area contributed by atoms with Gasteiger partial charge in [-0.1, -0.05) is 20.8 Å². The van der Waals surface area contributed by atoms with Gasteiger partial charge in [0.1, 0.15) is 5.69 Å². The summed E-state index contributed by atoms with van der Waals surface area (Å²) in [7, 11) is 3.40. The number of hydrogen-bond donors (Lipinski definition) is 0. The Kier molecular flexibility index (Phi) is 5.11. The quantitative estimate of drug-likeness (QED) is 0.769. The van der Waals surface area contributed by atoms with Gasteiger partial charge in [-0.3, -0.25) is 4.68 Å². The molecule has 0 aliphatic rings. The lowest BCUT2D eigenvalue weighted by Crippen LogP contribution is -2.15. The fraction of sp³-hybridized carbons (Fsp3) is 0.714. The largest absolute Gasteiger partial charge is 0.461 e. The van der Waals surface area contributed by atoms with Crippen molar-refractivity contribution >= 4 is 5.97 Å². The predicted molar refractivity (Wildman–Crippen MR) is 73.3 cm³/mol. The summed E-state index contributed by atoms with van der Waals surface area (Å²) in [4.78, 5) is 12.0. The van der Waals surface area contributed by atoms with Crippen molar-refractivity contribution in [3.63, 3.8) is 0 Å². The summed E-state index contributed by atoms with van der Waals surface area (Å²) in [5.74, 6) is -0.339. The first-order valence-corrected chi connectivity index (χ1v) is 6.50. The number of nitrogens with zero attached hydrogens (tertiary/aromatic N) is 2. The van der Waals surface area contributed by atoms with Crippen molar-refractivity contribution in [2.75, 3.05) is 13.7 Å². The van der Waals surface area contributed by atoms with Gasteiger partial charge in [0.05, 0.1) is 18.4 Å². The zero-order valence-electron chi connectivity index (χ0n) is 12.7. The Morgan fingerprint density at radius 2 is 2.11 bits per heavy atom. The minimum Gasteiger partial charge on any atom is -0.461 e. The van der Waals surface area contributed by atoms with Crippen LogP contribution in [0.5, 0.6) is 0 Å². The molecule has 1 aromatic heterocycles. The smallest absolute Gasteiger partial charge is 0.356 e. The Morgan fingerprint density at radius 1 is 1.47 bits per heavy atom. The summed E-state index contributed by atoms with van der Waals surface area (Å²) in [5.41, 5.74) is 1.28. The maximum atomic E-state index is 12.0. The lowest BCUT2D eigenvalue weighted by atomic mass is 9.92. The molecule has 5 nitrogen and oxygen atoms in total. The van der Waals surface area contributed by atoms with Gasteiger partial charge in [0.2, 0.25) is 0 Å². The lowest BCUT2D eigenvalue weighted by molar-refractivity contribution is 0.0380. The van der Waals surface area contributed by atoms with E-state index in [0.717, 1.165) is 5.69 Å². The van der Waals surface area contributed by atoms with Crippen LogP contribution in [-0.4, -0.2) is 35.6 Å². The molecule has 19 heavy (non-hydrogen) atoms. The van der Waals surface area contributed by atoms with Gasteiger partial charge in [0.15, 0.2) is 0 Å². The van der Waals surface area contributed by atoms with Gasteiger partial charge in [-0.15, -0.1) is 0 Å². The highest BCUT2D eigenvalue weighted by Crippen LogP contribution is 2.21. The molecule has 1 rings (SSSR count). The molecule has 0 unspecified atom stereocenters. The molecule has 0 aliphatic carbocycles. The highest BCUT2D eigenvalue weighted by molar-refractivity contribution is 5.87. The minimum absolute atomic E-state index is 0.0825. The topological polar surface area (TPSA) is 53.4 Å². The fourth-order valence-electron chi connectivity index (χ4n) is 1.53. The molecule has 0 bridgehead atoms. The molecule has 0 aromatic carbocycles. The van der Waals surface area contributed by atoms with E-state index >= 15 is 0 Å². The van der Waals surface area contributed by atoms with Crippen molar-refractivity contribution in [1.82, 2.24) is 9.78 Å². The maximum Gasteiger partial charge on any atom is 0.356 e. The molecule has 0 amide bonds. The standard InChI is InChI=1S/C14H24N2O3/c1-10(18-6)7-8-19-13(17)11-9-12(14(2,3)4)15-16(11)5/h9-10H,7-8H2,1-6H3/t10-/m1/s1. The summed E-state index contributed by atoms with van der Waals surface area (Å²) in [6, 6.07) is 1.79. The van der Waals surface area contributed by atoms with Crippen LogP contribution in [0.4, 0.5) is 0 Å². The zero-order chi connectivity index (χ0) is 14.6. The van der Waals surface area contributed by atoms with Crippen LogP contribution in [0.1, 0.15) is 50.3 Å². The van der Waals surface area contributed by atoms with Crippen LogP contribution < -0.4 is 0 Å².